The van der Waals surface area contributed by atoms with Crippen LogP contribution in [0.1, 0.15) is 18.9 Å². The van der Waals surface area contributed by atoms with Gasteiger partial charge in [0.1, 0.15) is 5.82 Å². The monoisotopic (exact) mass is 280 g/mol. The van der Waals surface area contributed by atoms with Crippen LogP contribution < -0.4 is 5.32 Å². The van der Waals surface area contributed by atoms with E-state index in [-0.39, 0.29) is 5.82 Å². The van der Waals surface area contributed by atoms with E-state index in [0.717, 1.165) is 38.3 Å². The van der Waals surface area contributed by atoms with Crippen molar-refractivity contribution in [1.29, 1.82) is 0 Å². The molecule has 1 aromatic carbocycles. The maximum atomic E-state index is 13.7. The summed E-state index contributed by atoms with van der Waals surface area (Å²) in [4.78, 5) is 2.18. The molecule has 1 saturated heterocycles. The average Bonchev–Trinajstić information content (AvgIpc) is 2.44. The molecule has 0 amide bonds. The molecule has 1 aliphatic heterocycles. The summed E-state index contributed by atoms with van der Waals surface area (Å²) in [6.07, 6.45) is 1.06. The number of nitrogens with zero attached hydrogens (tertiary/aromatic N) is 1. The minimum Gasteiger partial charge on any atom is -0.381 e. The molecule has 4 heteroatoms. The zero-order chi connectivity index (χ0) is 14.4. The zero-order valence-corrected chi connectivity index (χ0v) is 12.4. The van der Waals surface area contributed by atoms with Crippen molar-refractivity contribution in [2.75, 3.05) is 33.4 Å². The topological polar surface area (TPSA) is 24.5 Å². The molecule has 0 aromatic heterocycles. The number of nitrogens with one attached hydrogen (secondary N) is 1. The standard InChI is InChI=1S/C16H25FN2O/c1-3-18-16-8-9-20-12-14(16)11-19(2)10-13-6-4-5-7-15(13)17/h4-7,14,16,18H,3,8-12H2,1-2H3. The third-order valence-corrected chi connectivity index (χ3v) is 3.88. The maximum Gasteiger partial charge on any atom is 0.127 e. The number of ether oxygens (including phenoxy) is 1. The van der Waals surface area contributed by atoms with Crippen LogP contribution in [-0.2, 0) is 11.3 Å². The first kappa shape index (κ1) is 15.4. The predicted molar refractivity (Wildman–Crippen MR) is 79.1 cm³/mol. The molecular weight excluding hydrogens is 255 g/mol. The fourth-order valence-electron chi connectivity index (χ4n) is 2.89. The van der Waals surface area contributed by atoms with Gasteiger partial charge in [-0.2, -0.15) is 0 Å². The molecule has 0 spiro atoms. The van der Waals surface area contributed by atoms with Crippen LogP contribution in [0, 0.1) is 11.7 Å². The molecule has 2 rings (SSSR count). The van der Waals surface area contributed by atoms with E-state index in [4.69, 9.17) is 4.74 Å². The molecule has 1 aliphatic rings. The van der Waals surface area contributed by atoms with Crippen molar-refractivity contribution in [1.82, 2.24) is 10.2 Å². The smallest absolute Gasteiger partial charge is 0.127 e. The summed E-state index contributed by atoms with van der Waals surface area (Å²) in [6, 6.07) is 7.50. The number of halogens is 1. The molecule has 2 unspecified atom stereocenters. The van der Waals surface area contributed by atoms with Gasteiger partial charge >= 0.3 is 0 Å². The lowest BCUT2D eigenvalue weighted by Crippen LogP contribution is -2.47. The first-order chi connectivity index (χ1) is 9.70. The first-order valence-electron chi connectivity index (χ1n) is 7.43. The van der Waals surface area contributed by atoms with E-state index in [1.165, 1.54) is 6.07 Å². The number of benzene rings is 1. The van der Waals surface area contributed by atoms with E-state index in [1.807, 2.05) is 19.2 Å². The second kappa shape index (κ2) is 7.72. The highest BCUT2D eigenvalue weighted by atomic mass is 19.1. The Bertz CT molecular complexity index is 411. The minimum absolute atomic E-state index is 0.123. The van der Waals surface area contributed by atoms with Gasteiger partial charge in [-0.05, 0) is 26.1 Å². The lowest BCUT2D eigenvalue weighted by atomic mass is 9.95. The minimum atomic E-state index is -0.123. The summed E-state index contributed by atoms with van der Waals surface area (Å²) < 4.78 is 19.3. The van der Waals surface area contributed by atoms with Crippen molar-refractivity contribution in [3.05, 3.63) is 35.6 Å². The maximum absolute atomic E-state index is 13.7. The van der Waals surface area contributed by atoms with Crippen LogP contribution in [0.4, 0.5) is 4.39 Å². The van der Waals surface area contributed by atoms with Crippen molar-refractivity contribution in [3.63, 3.8) is 0 Å². The molecule has 3 nitrogen and oxygen atoms in total. The molecule has 1 aromatic rings. The SMILES string of the molecule is CCNC1CCOCC1CN(C)Cc1ccccc1F. The van der Waals surface area contributed by atoms with Gasteiger partial charge < -0.3 is 15.0 Å². The van der Waals surface area contributed by atoms with Gasteiger partial charge in [-0.25, -0.2) is 4.39 Å². The number of hydrogen-bond donors (Lipinski definition) is 1. The van der Waals surface area contributed by atoms with Crippen molar-refractivity contribution in [2.24, 2.45) is 5.92 Å². The molecule has 0 radical (unpaired) electrons. The third kappa shape index (κ3) is 4.27. The van der Waals surface area contributed by atoms with E-state index >= 15 is 0 Å². The average molecular weight is 280 g/mol. The molecule has 1 heterocycles. The Kier molecular flexibility index (Phi) is 5.95. The van der Waals surface area contributed by atoms with Crippen LogP contribution in [0.15, 0.2) is 24.3 Å². The Hall–Kier alpha value is -0.970. The Morgan fingerprint density at radius 2 is 2.20 bits per heavy atom. The van der Waals surface area contributed by atoms with E-state index in [0.29, 0.717) is 18.5 Å². The van der Waals surface area contributed by atoms with Gasteiger partial charge in [-0.3, -0.25) is 0 Å². The van der Waals surface area contributed by atoms with Crippen molar-refractivity contribution in [2.45, 2.75) is 25.9 Å². The fourth-order valence-corrected chi connectivity index (χ4v) is 2.89. The summed E-state index contributed by atoms with van der Waals surface area (Å²) in [5, 5.41) is 3.53. The highest BCUT2D eigenvalue weighted by Gasteiger charge is 2.26. The van der Waals surface area contributed by atoms with Gasteiger partial charge in [0.05, 0.1) is 6.61 Å². The van der Waals surface area contributed by atoms with Gasteiger partial charge in [0.15, 0.2) is 0 Å². The van der Waals surface area contributed by atoms with Crippen molar-refractivity contribution < 1.29 is 9.13 Å². The summed E-state index contributed by atoms with van der Waals surface area (Å²) >= 11 is 0. The summed E-state index contributed by atoms with van der Waals surface area (Å²) in [6.45, 7) is 6.31. The Labute approximate surface area is 121 Å². The normalized spacial score (nSPS) is 23.2. The van der Waals surface area contributed by atoms with E-state index < -0.39 is 0 Å². The first-order valence-corrected chi connectivity index (χ1v) is 7.43. The molecule has 0 bridgehead atoms. The van der Waals surface area contributed by atoms with Gasteiger partial charge in [-0.1, -0.05) is 25.1 Å². The zero-order valence-electron chi connectivity index (χ0n) is 12.4. The molecular formula is C16H25FN2O. The Balaban J connectivity index is 1.89. The predicted octanol–water partition coefficient (Wildman–Crippen LogP) is 2.27. The second-order valence-electron chi connectivity index (χ2n) is 5.58. The Morgan fingerprint density at radius 3 is 2.95 bits per heavy atom. The highest BCUT2D eigenvalue weighted by molar-refractivity contribution is 5.17. The fraction of sp³-hybridized carbons (Fsp3) is 0.625. The molecule has 0 aliphatic carbocycles. The number of rotatable bonds is 6. The van der Waals surface area contributed by atoms with Gasteiger partial charge in [0.25, 0.3) is 0 Å². The van der Waals surface area contributed by atoms with Crippen LogP contribution >= 0.6 is 0 Å². The van der Waals surface area contributed by atoms with E-state index in [2.05, 4.69) is 17.1 Å². The van der Waals surface area contributed by atoms with Crippen molar-refractivity contribution >= 4 is 0 Å². The lowest BCUT2D eigenvalue weighted by Gasteiger charge is -2.34. The molecule has 20 heavy (non-hydrogen) atoms. The second-order valence-corrected chi connectivity index (χ2v) is 5.58. The van der Waals surface area contributed by atoms with Gasteiger partial charge in [0.2, 0.25) is 0 Å². The summed E-state index contributed by atoms with van der Waals surface area (Å²) in [5.41, 5.74) is 0.756. The van der Waals surface area contributed by atoms with Crippen molar-refractivity contribution in [3.8, 4) is 0 Å². The summed E-state index contributed by atoms with van der Waals surface area (Å²) in [7, 11) is 2.05. The van der Waals surface area contributed by atoms with Crippen LogP contribution in [0.2, 0.25) is 0 Å². The largest absolute Gasteiger partial charge is 0.381 e. The quantitative estimate of drug-likeness (QED) is 0.865. The molecule has 112 valence electrons. The third-order valence-electron chi connectivity index (χ3n) is 3.88. The van der Waals surface area contributed by atoms with Gasteiger partial charge in [0, 0.05) is 37.2 Å². The molecule has 1 fully saturated rings. The van der Waals surface area contributed by atoms with Gasteiger partial charge in [-0.15, -0.1) is 0 Å². The number of hydrogen-bond acceptors (Lipinski definition) is 3. The van der Waals surface area contributed by atoms with Crippen LogP contribution in [-0.4, -0.2) is 44.3 Å². The lowest BCUT2D eigenvalue weighted by molar-refractivity contribution is 0.0192. The van der Waals surface area contributed by atoms with Crippen LogP contribution in [0.25, 0.3) is 0 Å². The Morgan fingerprint density at radius 1 is 1.40 bits per heavy atom. The highest BCUT2D eigenvalue weighted by Crippen LogP contribution is 2.17. The van der Waals surface area contributed by atoms with Crippen LogP contribution in [0.5, 0.6) is 0 Å². The molecule has 0 saturated carbocycles. The molecule has 1 N–H and O–H groups in total. The molecule has 2 atom stereocenters. The van der Waals surface area contributed by atoms with E-state index in [9.17, 15) is 4.39 Å². The van der Waals surface area contributed by atoms with Crippen LogP contribution in [0.3, 0.4) is 0 Å². The summed E-state index contributed by atoms with van der Waals surface area (Å²) in [5.74, 6) is 0.350. The van der Waals surface area contributed by atoms with E-state index in [1.54, 1.807) is 6.07 Å².